The molecule has 0 spiro atoms. The maximum absolute atomic E-state index is 11.4. The summed E-state index contributed by atoms with van der Waals surface area (Å²) in [4.78, 5) is 3.60. The van der Waals surface area contributed by atoms with Crippen LogP contribution in [-0.4, -0.2) is 13.4 Å². The first-order valence-corrected chi connectivity index (χ1v) is 7.39. The Kier molecular flexibility index (Phi) is 3.69. The summed E-state index contributed by atoms with van der Waals surface area (Å²) in [5.41, 5.74) is 0.392. The van der Waals surface area contributed by atoms with Crippen molar-refractivity contribution >= 4 is 19.7 Å². The number of nitrogens with zero attached hydrogens (tertiary/aromatic N) is 2. The Labute approximate surface area is 114 Å². The second-order valence-electron chi connectivity index (χ2n) is 3.49. The molecule has 2 rings (SSSR count). The standard InChI is InChI=1S/C12H7ClN2O3S/c13-19(16,17)11-5-2-6-15-12(11)18-10-4-1-3-9(7-10)8-14/h1-7H. The van der Waals surface area contributed by atoms with Gasteiger partial charge in [-0.1, -0.05) is 6.07 Å². The Morgan fingerprint density at radius 1 is 1.26 bits per heavy atom. The average molecular weight is 295 g/mol. The fourth-order valence-electron chi connectivity index (χ4n) is 1.38. The van der Waals surface area contributed by atoms with Crippen molar-refractivity contribution in [2.24, 2.45) is 0 Å². The maximum Gasteiger partial charge on any atom is 0.266 e. The van der Waals surface area contributed by atoms with Crippen molar-refractivity contribution in [1.82, 2.24) is 4.98 Å². The molecule has 2 aromatic rings. The fourth-order valence-corrected chi connectivity index (χ4v) is 2.28. The van der Waals surface area contributed by atoms with Crippen LogP contribution in [0.3, 0.4) is 0 Å². The van der Waals surface area contributed by atoms with Gasteiger partial charge in [-0.2, -0.15) is 5.26 Å². The van der Waals surface area contributed by atoms with E-state index in [2.05, 4.69) is 4.98 Å². The van der Waals surface area contributed by atoms with Gasteiger partial charge in [0.1, 0.15) is 10.6 Å². The molecule has 0 aliphatic rings. The molecule has 0 N–H and O–H groups in total. The third kappa shape index (κ3) is 3.22. The van der Waals surface area contributed by atoms with Crippen LogP contribution in [0.5, 0.6) is 11.6 Å². The molecule has 0 aliphatic heterocycles. The van der Waals surface area contributed by atoms with E-state index in [9.17, 15) is 8.42 Å². The molecule has 0 bridgehead atoms. The molecule has 0 unspecified atom stereocenters. The van der Waals surface area contributed by atoms with Crippen LogP contribution < -0.4 is 4.74 Å². The van der Waals surface area contributed by atoms with Crippen LogP contribution in [0, 0.1) is 11.3 Å². The summed E-state index contributed by atoms with van der Waals surface area (Å²) < 4.78 is 28.1. The highest BCUT2D eigenvalue weighted by Gasteiger charge is 2.18. The van der Waals surface area contributed by atoms with Crippen molar-refractivity contribution in [2.45, 2.75) is 4.90 Å². The van der Waals surface area contributed by atoms with E-state index in [1.807, 2.05) is 6.07 Å². The van der Waals surface area contributed by atoms with E-state index in [0.29, 0.717) is 11.3 Å². The lowest BCUT2D eigenvalue weighted by atomic mass is 10.2. The quantitative estimate of drug-likeness (QED) is 0.813. The molecule has 19 heavy (non-hydrogen) atoms. The van der Waals surface area contributed by atoms with Crippen LogP contribution >= 0.6 is 10.7 Å². The number of aromatic nitrogens is 1. The van der Waals surface area contributed by atoms with Gasteiger partial charge in [-0.3, -0.25) is 0 Å². The van der Waals surface area contributed by atoms with Gasteiger partial charge in [-0.25, -0.2) is 13.4 Å². The van der Waals surface area contributed by atoms with Crippen molar-refractivity contribution in [3.63, 3.8) is 0 Å². The number of pyridine rings is 1. The predicted molar refractivity (Wildman–Crippen MR) is 68.5 cm³/mol. The first kappa shape index (κ1) is 13.3. The molecule has 5 nitrogen and oxygen atoms in total. The van der Waals surface area contributed by atoms with Crippen LogP contribution in [0.15, 0.2) is 47.5 Å². The van der Waals surface area contributed by atoms with E-state index in [4.69, 9.17) is 20.7 Å². The molecular formula is C12H7ClN2O3S. The summed E-state index contributed by atoms with van der Waals surface area (Å²) in [5.74, 6) is 0.173. The van der Waals surface area contributed by atoms with Crippen LogP contribution in [0.2, 0.25) is 0 Å². The molecule has 1 aromatic heterocycles. The number of ether oxygens (including phenoxy) is 1. The second kappa shape index (κ2) is 5.26. The van der Waals surface area contributed by atoms with E-state index in [1.54, 1.807) is 18.2 Å². The monoisotopic (exact) mass is 294 g/mol. The van der Waals surface area contributed by atoms with Gasteiger partial charge in [0.15, 0.2) is 0 Å². The van der Waals surface area contributed by atoms with Gasteiger partial charge in [0.25, 0.3) is 9.05 Å². The Bertz CT molecular complexity index is 754. The Morgan fingerprint density at radius 2 is 2.05 bits per heavy atom. The minimum Gasteiger partial charge on any atom is -0.438 e. The van der Waals surface area contributed by atoms with Gasteiger partial charge in [0.05, 0.1) is 11.6 Å². The van der Waals surface area contributed by atoms with Crippen LogP contribution in [0.4, 0.5) is 0 Å². The highest BCUT2D eigenvalue weighted by molar-refractivity contribution is 8.13. The fraction of sp³-hybridized carbons (Fsp3) is 0. The topological polar surface area (TPSA) is 80.0 Å². The van der Waals surface area contributed by atoms with Gasteiger partial charge in [0.2, 0.25) is 5.88 Å². The molecule has 7 heteroatoms. The number of benzene rings is 1. The summed E-state index contributed by atoms with van der Waals surface area (Å²) in [6, 6.07) is 11.0. The lowest BCUT2D eigenvalue weighted by molar-refractivity contribution is 0.448. The summed E-state index contributed by atoms with van der Waals surface area (Å²) in [6.07, 6.45) is 1.38. The molecule has 96 valence electrons. The Morgan fingerprint density at radius 3 is 2.74 bits per heavy atom. The predicted octanol–water partition coefficient (Wildman–Crippen LogP) is 2.67. The number of hydrogen-bond donors (Lipinski definition) is 0. The summed E-state index contributed by atoms with van der Waals surface area (Å²) in [5, 5.41) is 8.77. The Balaban J connectivity index is 2.42. The molecule has 0 atom stereocenters. The minimum absolute atomic E-state index is 0.132. The molecule has 0 radical (unpaired) electrons. The number of nitriles is 1. The number of rotatable bonds is 3. The first-order chi connectivity index (χ1) is 9.00. The summed E-state index contributed by atoms with van der Waals surface area (Å²) >= 11 is 0. The zero-order valence-corrected chi connectivity index (χ0v) is 11.0. The first-order valence-electron chi connectivity index (χ1n) is 5.08. The number of hydrogen-bond acceptors (Lipinski definition) is 5. The lowest BCUT2D eigenvalue weighted by Crippen LogP contribution is -1.97. The largest absolute Gasteiger partial charge is 0.438 e. The molecule has 0 saturated heterocycles. The van der Waals surface area contributed by atoms with E-state index in [1.165, 1.54) is 24.4 Å². The molecule has 1 aromatic carbocycles. The SMILES string of the molecule is N#Cc1cccc(Oc2ncccc2S(=O)(=O)Cl)c1. The molecule has 0 saturated carbocycles. The van der Waals surface area contributed by atoms with Gasteiger partial charge in [0, 0.05) is 16.9 Å². The highest BCUT2D eigenvalue weighted by Crippen LogP contribution is 2.28. The van der Waals surface area contributed by atoms with Gasteiger partial charge >= 0.3 is 0 Å². The molecule has 0 amide bonds. The third-order valence-electron chi connectivity index (χ3n) is 2.18. The number of halogens is 1. The second-order valence-corrected chi connectivity index (χ2v) is 6.02. The third-order valence-corrected chi connectivity index (χ3v) is 3.51. The lowest BCUT2D eigenvalue weighted by Gasteiger charge is -2.07. The molecule has 0 aliphatic carbocycles. The van der Waals surface area contributed by atoms with E-state index < -0.39 is 9.05 Å². The van der Waals surface area contributed by atoms with E-state index >= 15 is 0 Å². The van der Waals surface area contributed by atoms with Crippen LogP contribution in [0.1, 0.15) is 5.56 Å². The normalized spacial score (nSPS) is 10.7. The Hall–Kier alpha value is -2.10. The molecular weight excluding hydrogens is 288 g/mol. The van der Waals surface area contributed by atoms with Crippen LogP contribution in [0.25, 0.3) is 0 Å². The highest BCUT2D eigenvalue weighted by atomic mass is 35.7. The van der Waals surface area contributed by atoms with E-state index in [0.717, 1.165) is 0 Å². The molecule has 1 heterocycles. The average Bonchev–Trinajstić information content (AvgIpc) is 2.38. The zero-order valence-electron chi connectivity index (χ0n) is 9.45. The van der Waals surface area contributed by atoms with Gasteiger partial charge < -0.3 is 4.74 Å². The smallest absolute Gasteiger partial charge is 0.266 e. The van der Waals surface area contributed by atoms with Crippen molar-refractivity contribution in [3.05, 3.63) is 48.2 Å². The molecule has 0 fully saturated rings. The van der Waals surface area contributed by atoms with Gasteiger partial charge in [-0.15, -0.1) is 0 Å². The van der Waals surface area contributed by atoms with Crippen LogP contribution in [-0.2, 0) is 9.05 Å². The van der Waals surface area contributed by atoms with E-state index in [-0.39, 0.29) is 10.8 Å². The minimum atomic E-state index is -3.95. The zero-order chi connectivity index (χ0) is 13.9. The maximum atomic E-state index is 11.4. The van der Waals surface area contributed by atoms with Gasteiger partial charge in [-0.05, 0) is 30.3 Å². The summed E-state index contributed by atoms with van der Waals surface area (Å²) in [6.45, 7) is 0. The van der Waals surface area contributed by atoms with Crippen molar-refractivity contribution in [1.29, 1.82) is 5.26 Å². The van der Waals surface area contributed by atoms with Crippen molar-refractivity contribution in [2.75, 3.05) is 0 Å². The van der Waals surface area contributed by atoms with Crippen molar-refractivity contribution in [3.8, 4) is 17.7 Å². The summed E-state index contributed by atoms with van der Waals surface area (Å²) in [7, 11) is 1.34. The van der Waals surface area contributed by atoms with Crippen molar-refractivity contribution < 1.29 is 13.2 Å².